The Morgan fingerprint density at radius 1 is 1.53 bits per heavy atom. The fourth-order valence-electron chi connectivity index (χ4n) is 1.03. The minimum atomic E-state index is -0.447. The number of anilines is 1. The van der Waals surface area contributed by atoms with Gasteiger partial charge in [0, 0.05) is 6.42 Å². The molecule has 0 bridgehead atoms. The van der Waals surface area contributed by atoms with E-state index in [-0.39, 0.29) is 18.3 Å². The monoisotopic (exact) mass is 212 g/mol. The van der Waals surface area contributed by atoms with E-state index in [4.69, 9.17) is 10.5 Å². The number of carbonyl (C=O) groups is 1. The number of carbonyl (C=O) groups excluding carboxylic acids is 1. The zero-order valence-electron chi connectivity index (χ0n) is 9.20. The van der Waals surface area contributed by atoms with Crippen molar-refractivity contribution in [2.45, 2.75) is 39.2 Å². The lowest BCUT2D eigenvalue weighted by molar-refractivity contribution is -0.154. The first kappa shape index (κ1) is 11.5. The fraction of sp³-hybridized carbons (Fsp3) is 0.667. The molecule has 84 valence electrons. The minimum Gasteiger partial charge on any atom is -0.460 e. The second-order valence-corrected chi connectivity index (χ2v) is 4.23. The highest BCUT2D eigenvalue weighted by Crippen LogP contribution is 2.09. The van der Waals surface area contributed by atoms with Gasteiger partial charge in [0.25, 0.3) is 0 Å². The quantitative estimate of drug-likeness (QED) is 0.718. The molecule has 1 heterocycles. The summed E-state index contributed by atoms with van der Waals surface area (Å²) in [6.45, 7) is 5.49. The number of aryl methyl sites for hydroxylation is 1. The number of nitrogen functional groups attached to an aromatic ring is 1. The summed E-state index contributed by atoms with van der Waals surface area (Å²) in [7, 11) is 0. The van der Waals surface area contributed by atoms with E-state index in [9.17, 15) is 4.79 Å². The van der Waals surface area contributed by atoms with E-state index in [0.29, 0.717) is 12.2 Å². The average molecular weight is 212 g/mol. The predicted molar refractivity (Wildman–Crippen MR) is 55.0 cm³/mol. The van der Waals surface area contributed by atoms with Crippen molar-refractivity contribution in [1.29, 1.82) is 0 Å². The number of aromatic nitrogens is 3. The van der Waals surface area contributed by atoms with E-state index in [1.54, 1.807) is 0 Å². The lowest BCUT2D eigenvalue weighted by Gasteiger charge is -2.19. The van der Waals surface area contributed by atoms with Crippen molar-refractivity contribution in [2.75, 3.05) is 5.73 Å². The van der Waals surface area contributed by atoms with Crippen molar-refractivity contribution in [1.82, 2.24) is 15.2 Å². The molecule has 1 rings (SSSR count). The van der Waals surface area contributed by atoms with Gasteiger partial charge in [-0.15, -0.1) is 5.10 Å². The van der Waals surface area contributed by atoms with Gasteiger partial charge in [-0.1, -0.05) is 0 Å². The Morgan fingerprint density at radius 3 is 2.67 bits per heavy atom. The molecular formula is C9H16N4O2. The largest absolute Gasteiger partial charge is 0.460 e. The fourth-order valence-corrected chi connectivity index (χ4v) is 1.03. The molecule has 3 N–H and O–H groups in total. The Hall–Kier alpha value is -1.59. The van der Waals surface area contributed by atoms with E-state index >= 15 is 0 Å². The maximum absolute atomic E-state index is 11.3. The summed E-state index contributed by atoms with van der Waals surface area (Å²) in [5, 5.41) is 6.29. The van der Waals surface area contributed by atoms with Crippen LogP contribution in [-0.2, 0) is 16.0 Å². The van der Waals surface area contributed by atoms with Crippen LogP contribution in [-0.4, -0.2) is 26.8 Å². The Balaban J connectivity index is 2.35. The number of aromatic amines is 1. The Bertz CT molecular complexity index is 340. The van der Waals surface area contributed by atoms with Gasteiger partial charge in [0.1, 0.15) is 11.4 Å². The van der Waals surface area contributed by atoms with Gasteiger partial charge in [-0.05, 0) is 20.8 Å². The smallest absolute Gasteiger partial charge is 0.306 e. The lowest BCUT2D eigenvalue weighted by atomic mass is 10.2. The highest BCUT2D eigenvalue weighted by Gasteiger charge is 2.16. The zero-order valence-corrected chi connectivity index (χ0v) is 9.20. The Kier molecular flexibility index (Phi) is 3.28. The molecule has 0 saturated carbocycles. The van der Waals surface area contributed by atoms with Gasteiger partial charge in [0.15, 0.2) is 0 Å². The molecule has 0 amide bonds. The van der Waals surface area contributed by atoms with Gasteiger partial charge in [0.05, 0.1) is 6.42 Å². The zero-order chi connectivity index (χ0) is 11.5. The van der Waals surface area contributed by atoms with E-state index in [0.717, 1.165) is 0 Å². The van der Waals surface area contributed by atoms with E-state index in [1.165, 1.54) is 0 Å². The molecule has 0 atom stereocenters. The summed E-state index contributed by atoms with van der Waals surface area (Å²) in [6, 6.07) is 0. The number of nitrogens with two attached hydrogens (primary N) is 1. The van der Waals surface area contributed by atoms with Gasteiger partial charge in [-0.3, -0.25) is 9.89 Å². The van der Waals surface area contributed by atoms with Crippen LogP contribution in [0.4, 0.5) is 5.95 Å². The molecule has 0 unspecified atom stereocenters. The van der Waals surface area contributed by atoms with Crippen molar-refractivity contribution < 1.29 is 9.53 Å². The first-order valence-electron chi connectivity index (χ1n) is 4.75. The summed E-state index contributed by atoms with van der Waals surface area (Å²) in [5.41, 5.74) is 4.87. The van der Waals surface area contributed by atoms with E-state index in [2.05, 4.69) is 15.2 Å². The molecule has 1 aromatic heterocycles. The third kappa shape index (κ3) is 4.44. The van der Waals surface area contributed by atoms with Crippen LogP contribution >= 0.6 is 0 Å². The molecule has 0 aliphatic carbocycles. The molecule has 0 radical (unpaired) electrons. The van der Waals surface area contributed by atoms with Crippen molar-refractivity contribution in [3.8, 4) is 0 Å². The highest BCUT2D eigenvalue weighted by molar-refractivity contribution is 5.70. The molecular weight excluding hydrogens is 196 g/mol. The Labute approximate surface area is 88.2 Å². The van der Waals surface area contributed by atoms with Gasteiger partial charge < -0.3 is 10.5 Å². The molecule has 1 aromatic rings. The van der Waals surface area contributed by atoms with Crippen LogP contribution in [0.25, 0.3) is 0 Å². The molecule has 0 spiro atoms. The standard InChI is InChI=1S/C9H16N4O2/c1-9(2,3)15-7(14)5-4-6-11-8(10)13-12-6/h4-5H2,1-3H3,(H3,10,11,12,13). The van der Waals surface area contributed by atoms with Crippen LogP contribution in [0.2, 0.25) is 0 Å². The van der Waals surface area contributed by atoms with Crippen molar-refractivity contribution >= 4 is 11.9 Å². The maximum Gasteiger partial charge on any atom is 0.306 e. The number of esters is 1. The molecule has 0 aliphatic heterocycles. The van der Waals surface area contributed by atoms with Gasteiger partial charge >= 0.3 is 5.97 Å². The molecule has 0 saturated heterocycles. The highest BCUT2D eigenvalue weighted by atomic mass is 16.6. The third-order valence-corrected chi connectivity index (χ3v) is 1.53. The summed E-state index contributed by atoms with van der Waals surface area (Å²) in [4.78, 5) is 15.2. The summed E-state index contributed by atoms with van der Waals surface area (Å²) in [5.74, 6) is 0.532. The van der Waals surface area contributed by atoms with Crippen LogP contribution in [0, 0.1) is 0 Å². The first-order valence-corrected chi connectivity index (χ1v) is 4.75. The van der Waals surface area contributed by atoms with Gasteiger partial charge in [-0.2, -0.15) is 4.98 Å². The number of rotatable bonds is 3. The minimum absolute atomic E-state index is 0.189. The van der Waals surface area contributed by atoms with Crippen LogP contribution in [0.5, 0.6) is 0 Å². The van der Waals surface area contributed by atoms with E-state index in [1.807, 2.05) is 20.8 Å². The SMILES string of the molecule is CC(C)(C)OC(=O)CCc1nc(N)n[nH]1. The molecule has 0 aromatic carbocycles. The number of nitrogens with one attached hydrogen (secondary N) is 1. The summed E-state index contributed by atoms with van der Waals surface area (Å²) < 4.78 is 5.13. The van der Waals surface area contributed by atoms with Gasteiger partial charge in [0.2, 0.25) is 5.95 Å². The Morgan fingerprint density at radius 2 is 2.20 bits per heavy atom. The second-order valence-electron chi connectivity index (χ2n) is 4.23. The van der Waals surface area contributed by atoms with Gasteiger partial charge in [-0.25, -0.2) is 0 Å². The number of hydrogen-bond acceptors (Lipinski definition) is 5. The first-order chi connectivity index (χ1) is 6.87. The average Bonchev–Trinajstić information content (AvgIpc) is 2.45. The van der Waals surface area contributed by atoms with Crippen molar-refractivity contribution in [2.24, 2.45) is 0 Å². The van der Waals surface area contributed by atoms with Crippen LogP contribution in [0.15, 0.2) is 0 Å². The van der Waals surface area contributed by atoms with Crippen LogP contribution < -0.4 is 5.73 Å². The summed E-state index contributed by atoms with van der Waals surface area (Å²) in [6.07, 6.45) is 0.727. The predicted octanol–water partition coefficient (Wildman–Crippen LogP) is 0.661. The van der Waals surface area contributed by atoms with Crippen molar-refractivity contribution in [3.63, 3.8) is 0 Å². The lowest BCUT2D eigenvalue weighted by Crippen LogP contribution is -2.24. The number of nitrogens with zero attached hydrogens (tertiary/aromatic N) is 2. The topological polar surface area (TPSA) is 93.9 Å². The number of ether oxygens (including phenoxy) is 1. The molecule has 6 nitrogen and oxygen atoms in total. The summed E-state index contributed by atoms with van der Waals surface area (Å²) >= 11 is 0. The molecule has 0 fully saturated rings. The third-order valence-electron chi connectivity index (χ3n) is 1.53. The number of hydrogen-bond donors (Lipinski definition) is 2. The molecule has 6 heteroatoms. The number of H-pyrrole nitrogens is 1. The molecule has 15 heavy (non-hydrogen) atoms. The molecule has 0 aliphatic rings. The van der Waals surface area contributed by atoms with E-state index < -0.39 is 5.60 Å². The second kappa shape index (κ2) is 4.29. The van der Waals surface area contributed by atoms with Crippen molar-refractivity contribution in [3.05, 3.63) is 5.82 Å². The maximum atomic E-state index is 11.3. The van der Waals surface area contributed by atoms with Crippen LogP contribution in [0.3, 0.4) is 0 Å². The van der Waals surface area contributed by atoms with Crippen LogP contribution in [0.1, 0.15) is 33.0 Å². The normalized spacial score (nSPS) is 11.4.